The number of rotatable bonds is 17. The standard InChI is InChI=1S/C34H43N5O7S/c1-22(2)13-28(31(41)34(3)20-45-34)37-32(42)24(14-23-7-5-4-6-8-23)15-30(40)27(16-25-19-47-21-35-25)36-33(43)29-17-26(46-38-29)18-39-9-11-44-12-10-39/h4-8,17,19,21-22,24,27-28H,9-16,18,20H2,1-3H3,(H,36,43)(H,37,42)/t24-,27+,28+,34-/m1/s1. The predicted molar refractivity (Wildman–Crippen MR) is 174 cm³/mol. The van der Waals surface area contributed by atoms with E-state index < -0.39 is 35.4 Å². The minimum absolute atomic E-state index is 0.0637. The summed E-state index contributed by atoms with van der Waals surface area (Å²) in [5, 5.41) is 11.6. The van der Waals surface area contributed by atoms with E-state index in [2.05, 4.69) is 25.7 Å². The van der Waals surface area contributed by atoms with Crippen LogP contribution >= 0.6 is 11.3 Å². The molecule has 2 aliphatic heterocycles. The van der Waals surface area contributed by atoms with Crippen molar-refractivity contribution in [2.24, 2.45) is 11.8 Å². The summed E-state index contributed by atoms with van der Waals surface area (Å²) in [6.45, 7) is 9.28. The summed E-state index contributed by atoms with van der Waals surface area (Å²) < 4.78 is 16.2. The van der Waals surface area contributed by atoms with Crippen LogP contribution in [0.3, 0.4) is 0 Å². The molecule has 2 fully saturated rings. The molecule has 0 spiro atoms. The van der Waals surface area contributed by atoms with Crippen molar-refractivity contribution in [2.75, 3.05) is 32.9 Å². The minimum atomic E-state index is -0.970. The molecular weight excluding hydrogens is 622 g/mol. The van der Waals surface area contributed by atoms with E-state index in [1.165, 1.54) is 11.3 Å². The van der Waals surface area contributed by atoms with Crippen LogP contribution in [-0.4, -0.2) is 89.0 Å². The lowest BCUT2D eigenvalue weighted by atomic mass is 9.88. The first-order valence-electron chi connectivity index (χ1n) is 16.1. The molecule has 0 aliphatic carbocycles. The minimum Gasteiger partial charge on any atom is -0.379 e. The number of ether oxygens (including phenoxy) is 2. The van der Waals surface area contributed by atoms with E-state index in [4.69, 9.17) is 14.0 Å². The topological polar surface area (TPSA) is 156 Å². The molecule has 2 aromatic heterocycles. The second-order valence-corrected chi connectivity index (χ2v) is 13.6. The van der Waals surface area contributed by atoms with Crippen molar-refractivity contribution in [3.63, 3.8) is 0 Å². The molecule has 3 aromatic rings. The lowest BCUT2D eigenvalue weighted by Crippen LogP contribution is -2.50. The van der Waals surface area contributed by atoms with Gasteiger partial charge in [-0.3, -0.25) is 24.1 Å². The Balaban J connectivity index is 1.32. The molecule has 13 heteroatoms. The SMILES string of the molecule is CC(C)C[C@H](NC(=O)[C@@H](CC(=O)[C@H](Cc1cscn1)NC(=O)c1cc(CN2CCOCC2)on1)Cc1ccccc1)C(=O)[C@@]1(C)CO1. The van der Waals surface area contributed by atoms with Gasteiger partial charge in [0, 0.05) is 43.3 Å². The highest BCUT2D eigenvalue weighted by Crippen LogP contribution is 2.30. The summed E-state index contributed by atoms with van der Waals surface area (Å²) in [5.41, 5.74) is 2.35. The largest absolute Gasteiger partial charge is 0.379 e. The maximum Gasteiger partial charge on any atom is 0.274 e. The van der Waals surface area contributed by atoms with Crippen molar-refractivity contribution < 1.29 is 33.2 Å². The fourth-order valence-electron chi connectivity index (χ4n) is 5.65. The van der Waals surface area contributed by atoms with Gasteiger partial charge in [-0.05, 0) is 31.2 Å². The first-order chi connectivity index (χ1) is 22.6. The van der Waals surface area contributed by atoms with Gasteiger partial charge in [-0.2, -0.15) is 0 Å². The number of benzene rings is 1. The maximum atomic E-state index is 14.0. The number of carbonyl (C=O) groups is 4. The second kappa shape index (κ2) is 15.9. The van der Waals surface area contributed by atoms with Gasteiger partial charge in [-0.25, -0.2) is 4.98 Å². The van der Waals surface area contributed by atoms with Gasteiger partial charge < -0.3 is 24.6 Å². The Labute approximate surface area is 278 Å². The normalized spacial score (nSPS) is 19.9. The lowest BCUT2D eigenvalue weighted by Gasteiger charge is -2.25. The Kier molecular flexibility index (Phi) is 11.7. The van der Waals surface area contributed by atoms with Crippen LogP contribution in [0.15, 0.2) is 51.8 Å². The highest BCUT2D eigenvalue weighted by molar-refractivity contribution is 7.07. The molecule has 4 atom stereocenters. The average molecular weight is 666 g/mol. The summed E-state index contributed by atoms with van der Waals surface area (Å²) in [6, 6.07) is 9.29. The zero-order valence-corrected chi connectivity index (χ0v) is 27.9. The van der Waals surface area contributed by atoms with E-state index in [1.807, 2.05) is 49.6 Å². The number of morpholine rings is 1. The first-order valence-corrected chi connectivity index (χ1v) is 17.0. The Morgan fingerprint density at radius 1 is 1.04 bits per heavy atom. The number of nitrogens with zero attached hydrogens (tertiary/aromatic N) is 3. The quantitative estimate of drug-likeness (QED) is 0.206. The number of amides is 2. The smallest absolute Gasteiger partial charge is 0.274 e. The molecule has 5 rings (SSSR count). The van der Waals surface area contributed by atoms with E-state index in [9.17, 15) is 19.2 Å². The molecule has 252 valence electrons. The van der Waals surface area contributed by atoms with Gasteiger partial charge in [0.2, 0.25) is 5.91 Å². The van der Waals surface area contributed by atoms with Gasteiger partial charge in [0.25, 0.3) is 5.91 Å². The fraction of sp³-hybridized carbons (Fsp3) is 0.529. The van der Waals surface area contributed by atoms with Crippen LogP contribution in [0, 0.1) is 11.8 Å². The third-order valence-electron chi connectivity index (χ3n) is 8.45. The van der Waals surface area contributed by atoms with Crippen LogP contribution in [-0.2, 0) is 43.2 Å². The Morgan fingerprint density at radius 2 is 1.79 bits per heavy atom. The van der Waals surface area contributed by atoms with Crippen molar-refractivity contribution >= 4 is 34.7 Å². The van der Waals surface area contributed by atoms with Gasteiger partial charge >= 0.3 is 0 Å². The van der Waals surface area contributed by atoms with E-state index >= 15 is 0 Å². The molecule has 1 aromatic carbocycles. The molecule has 2 saturated heterocycles. The number of carbonyl (C=O) groups excluding carboxylic acids is 4. The van der Waals surface area contributed by atoms with Crippen LogP contribution in [0.5, 0.6) is 0 Å². The number of hydrogen-bond acceptors (Lipinski definition) is 11. The molecule has 12 nitrogen and oxygen atoms in total. The monoisotopic (exact) mass is 665 g/mol. The second-order valence-electron chi connectivity index (χ2n) is 12.9. The Hall–Kier alpha value is -3.78. The van der Waals surface area contributed by atoms with Gasteiger partial charge in [0.15, 0.2) is 23.0 Å². The lowest BCUT2D eigenvalue weighted by molar-refractivity contribution is -0.134. The van der Waals surface area contributed by atoms with E-state index in [0.29, 0.717) is 44.2 Å². The number of nitrogens with one attached hydrogen (secondary N) is 2. The molecule has 0 saturated carbocycles. The van der Waals surface area contributed by atoms with Crippen molar-refractivity contribution in [1.82, 2.24) is 25.7 Å². The highest BCUT2D eigenvalue weighted by atomic mass is 32.1. The molecule has 4 heterocycles. The third-order valence-corrected chi connectivity index (χ3v) is 9.08. The number of aromatic nitrogens is 2. The zero-order valence-electron chi connectivity index (χ0n) is 27.1. The summed E-state index contributed by atoms with van der Waals surface area (Å²) >= 11 is 1.39. The van der Waals surface area contributed by atoms with Gasteiger partial charge in [0.05, 0.1) is 49.7 Å². The zero-order chi connectivity index (χ0) is 33.4. The predicted octanol–water partition coefficient (Wildman–Crippen LogP) is 3.01. The molecule has 0 radical (unpaired) electrons. The average Bonchev–Trinajstić information content (AvgIpc) is 3.39. The van der Waals surface area contributed by atoms with Crippen LogP contribution in [0.25, 0.3) is 0 Å². The molecule has 47 heavy (non-hydrogen) atoms. The Morgan fingerprint density at radius 3 is 2.45 bits per heavy atom. The molecule has 0 bridgehead atoms. The summed E-state index contributed by atoms with van der Waals surface area (Å²) in [6.07, 6.45) is 0.716. The van der Waals surface area contributed by atoms with E-state index in [0.717, 1.165) is 18.7 Å². The number of hydrogen-bond donors (Lipinski definition) is 2. The van der Waals surface area contributed by atoms with Crippen molar-refractivity contribution in [3.8, 4) is 0 Å². The highest BCUT2D eigenvalue weighted by Gasteiger charge is 2.50. The molecule has 2 aliphatic rings. The van der Waals surface area contributed by atoms with E-state index in [-0.39, 0.29) is 42.4 Å². The van der Waals surface area contributed by atoms with Crippen molar-refractivity contribution in [2.45, 2.75) is 70.7 Å². The molecule has 2 N–H and O–H groups in total. The van der Waals surface area contributed by atoms with Gasteiger partial charge in [-0.15, -0.1) is 11.3 Å². The number of ketones is 2. The summed E-state index contributed by atoms with van der Waals surface area (Å²) in [5.74, 6) is -1.56. The number of Topliss-reactive ketones (excluding diaryl/α,β-unsaturated/α-hetero) is 2. The van der Waals surface area contributed by atoms with Crippen molar-refractivity contribution in [3.05, 3.63) is 70.0 Å². The van der Waals surface area contributed by atoms with Crippen LogP contribution < -0.4 is 10.6 Å². The van der Waals surface area contributed by atoms with Gasteiger partial charge in [0.1, 0.15) is 5.60 Å². The van der Waals surface area contributed by atoms with Crippen LogP contribution in [0.1, 0.15) is 61.1 Å². The maximum absolute atomic E-state index is 14.0. The van der Waals surface area contributed by atoms with Crippen molar-refractivity contribution in [1.29, 1.82) is 0 Å². The first kappa shape index (κ1) is 34.6. The molecular formula is C34H43N5O7S. The van der Waals surface area contributed by atoms with Gasteiger partial charge in [-0.1, -0.05) is 49.3 Å². The summed E-state index contributed by atoms with van der Waals surface area (Å²) in [7, 11) is 0. The number of thiazole rings is 1. The summed E-state index contributed by atoms with van der Waals surface area (Å²) in [4.78, 5) is 61.0. The number of epoxide rings is 1. The Bertz CT molecular complexity index is 1500. The van der Waals surface area contributed by atoms with Crippen LogP contribution in [0.4, 0.5) is 0 Å². The molecule has 0 unspecified atom stereocenters. The third kappa shape index (κ3) is 9.86. The molecule has 2 amide bonds. The van der Waals surface area contributed by atoms with E-state index in [1.54, 1.807) is 18.5 Å². The van der Waals surface area contributed by atoms with Crippen LogP contribution in [0.2, 0.25) is 0 Å². The fourth-order valence-corrected chi connectivity index (χ4v) is 6.22.